The molecule has 0 spiro atoms. The average Bonchev–Trinajstić information content (AvgIpc) is 3.30. The van der Waals surface area contributed by atoms with E-state index in [2.05, 4.69) is 25.2 Å². The molecular formula is C24H23N9O3S. The van der Waals surface area contributed by atoms with Crippen LogP contribution in [0, 0.1) is 23.2 Å². The van der Waals surface area contributed by atoms with Crippen molar-refractivity contribution in [1.82, 2.24) is 28.7 Å². The van der Waals surface area contributed by atoms with E-state index in [-0.39, 0.29) is 11.2 Å². The minimum absolute atomic E-state index is 0.0698. The number of nitrogens with one attached hydrogen (secondary N) is 1. The van der Waals surface area contributed by atoms with Crippen molar-refractivity contribution in [1.29, 1.82) is 5.26 Å². The van der Waals surface area contributed by atoms with Crippen molar-refractivity contribution < 1.29 is 4.79 Å². The number of thiazole rings is 1. The number of nitriles is 1. The molecular weight excluding hydrogens is 494 g/mol. The smallest absolute Gasteiger partial charge is 0.333 e. The lowest BCUT2D eigenvalue weighted by molar-refractivity contribution is -0.118. The van der Waals surface area contributed by atoms with Gasteiger partial charge in [-0.15, -0.1) is 11.3 Å². The topological polar surface area (TPSA) is 144 Å². The Bertz CT molecular complexity index is 1680. The number of fused-ring (bicyclic) bond motifs is 2. The van der Waals surface area contributed by atoms with Gasteiger partial charge in [0.1, 0.15) is 29.2 Å². The van der Waals surface area contributed by atoms with Crippen molar-refractivity contribution in [3.63, 3.8) is 0 Å². The highest BCUT2D eigenvalue weighted by Crippen LogP contribution is 2.46. The highest BCUT2D eigenvalue weighted by Gasteiger charge is 2.45. The van der Waals surface area contributed by atoms with Crippen LogP contribution in [0.2, 0.25) is 0 Å². The summed E-state index contributed by atoms with van der Waals surface area (Å²) < 4.78 is 3.41. The molecule has 13 heteroatoms. The number of piperidine rings is 1. The van der Waals surface area contributed by atoms with Crippen molar-refractivity contribution in [2.45, 2.75) is 25.9 Å². The number of carbonyl (C=O) groups is 1. The first-order valence-corrected chi connectivity index (χ1v) is 12.7. The molecule has 4 aromatic heterocycles. The summed E-state index contributed by atoms with van der Waals surface area (Å²) in [4.78, 5) is 54.0. The summed E-state index contributed by atoms with van der Waals surface area (Å²) in [6.45, 7) is 3.38. The molecule has 1 aliphatic carbocycles. The number of pyridine rings is 1. The first kappa shape index (κ1) is 23.1. The number of aromatic nitrogens is 6. The second-order valence-corrected chi connectivity index (χ2v) is 10.3. The maximum absolute atomic E-state index is 13.1. The molecule has 12 nitrogen and oxygen atoms in total. The van der Waals surface area contributed by atoms with Gasteiger partial charge >= 0.3 is 5.69 Å². The first-order chi connectivity index (χ1) is 17.9. The van der Waals surface area contributed by atoms with Gasteiger partial charge in [0.2, 0.25) is 5.91 Å². The van der Waals surface area contributed by atoms with Crippen LogP contribution in [0.1, 0.15) is 19.4 Å². The summed E-state index contributed by atoms with van der Waals surface area (Å²) in [6, 6.07) is 4.99. The molecule has 1 saturated heterocycles. The van der Waals surface area contributed by atoms with Crippen molar-refractivity contribution in [3.05, 3.63) is 50.9 Å². The summed E-state index contributed by atoms with van der Waals surface area (Å²) in [5.74, 6) is 2.63. The quantitative estimate of drug-likeness (QED) is 0.406. The van der Waals surface area contributed by atoms with Gasteiger partial charge in [-0.2, -0.15) is 5.26 Å². The Hall–Kier alpha value is -4.31. The number of imidazole rings is 1. The van der Waals surface area contributed by atoms with Crippen LogP contribution >= 0.6 is 11.3 Å². The molecule has 188 valence electrons. The van der Waals surface area contributed by atoms with Crippen LogP contribution in [-0.4, -0.2) is 47.6 Å². The Morgan fingerprint density at radius 3 is 2.76 bits per heavy atom. The number of nitrogens with zero attached hydrogens (tertiary/aromatic N) is 8. The molecule has 1 N–H and O–H groups in total. The Morgan fingerprint density at radius 1 is 1.27 bits per heavy atom. The fourth-order valence-corrected chi connectivity index (χ4v) is 5.64. The maximum Gasteiger partial charge on any atom is 0.333 e. The monoisotopic (exact) mass is 517 g/mol. The fraction of sp³-hybridized carbons (Fsp3) is 0.375. The number of hydrogen-bond donors (Lipinski definition) is 1. The third kappa shape index (κ3) is 3.89. The molecule has 1 saturated carbocycles. The van der Waals surface area contributed by atoms with Gasteiger partial charge < -0.3 is 14.8 Å². The predicted molar refractivity (Wildman–Crippen MR) is 137 cm³/mol. The number of amides is 1. The molecule has 4 aromatic rings. The first-order valence-electron chi connectivity index (χ1n) is 11.9. The van der Waals surface area contributed by atoms with E-state index >= 15 is 0 Å². The Balaban J connectivity index is 1.20. The zero-order valence-electron chi connectivity index (χ0n) is 20.2. The van der Waals surface area contributed by atoms with Gasteiger partial charge in [0.05, 0.1) is 12.4 Å². The SMILES string of the molecule is CC(C(=O)Nc1csc(-c2ccc(N3CC4CC4C3)nc2)n1)n1cnc2c1c(=O)n(CC#N)c(=O)n2C. The summed E-state index contributed by atoms with van der Waals surface area (Å²) in [6.07, 6.45) is 4.49. The second kappa shape index (κ2) is 8.67. The molecule has 5 heterocycles. The molecule has 1 aliphatic heterocycles. The van der Waals surface area contributed by atoms with Gasteiger partial charge in [-0.1, -0.05) is 0 Å². The van der Waals surface area contributed by atoms with Crippen LogP contribution in [0.15, 0.2) is 39.6 Å². The van der Waals surface area contributed by atoms with Crippen molar-refractivity contribution in [2.75, 3.05) is 23.3 Å². The summed E-state index contributed by atoms with van der Waals surface area (Å²) >= 11 is 1.39. The molecule has 2 fully saturated rings. The number of hydrogen-bond acceptors (Lipinski definition) is 9. The summed E-state index contributed by atoms with van der Waals surface area (Å²) in [5.41, 5.74) is -0.237. The van der Waals surface area contributed by atoms with Gasteiger partial charge in [-0.3, -0.25) is 14.2 Å². The largest absolute Gasteiger partial charge is 0.356 e. The highest BCUT2D eigenvalue weighted by atomic mass is 32.1. The van der Waals surface area contributed by atoms with Crippen molar-refractivity contribution >= 4 is 40.0 Å². The molecule has 1 amide bonds. The lowest BCUT2D eigenvalue weighted by Crippen LogP contribution is -2.40. The molecule has 37 heavy (non-hydrogen) atoms. The van der Waals surface area contributed by atoms with Gasteiger partial charge in [0, 0.05) is 37.3 Å². The number of carbonyl (C=O) groups excluding carboxylic acids is 1. The molecule has 2 aliphatic rings. The standard InChI is InChI=1S/C24H23N9O3S/c1-13(33-12-27-20-19(33)23(35)32(6-5-25)24(36)30(20)2)21(34)28-17-11-37-22(29-17)14-3-4-18(26-8-14)31-9-15-7-16(15)10-31/h3-4,8,11-13,15-16H,6-7,9-10H2,1-2H3,(H,28,34). The second-order valence-electron chi connectivity index (χ2n) is 9.48. The van der Waals surface area contributed by atoms with Gasteiger partial charge in [0.25, 0.3) is 5.56 Å². The Kier molecular flexibility index (Phi) is 5.41. The van der Waals surface area contributed by atoms with Crippen molar-refractivity contribution in [3.8, 4) is 16.6 Å². The minimum atomic E-state index is -0.830. The molecule has 0 bridgehead atoms. The van der Waals surface area contributed by atoms with Gasteiger partial charge in [0.15, 0.2) is 11.2 Å². The van der Waals surface area contributed by atoms with Gasteiger partial charge in [-0.05, 0) is 37.3 Å². The van der Waals surface area contributed by atoms with E-state index in [1.54, 1.807) is 18.5 Å². The van der Waals surface area contributed by atoms with E-state index in [1.165, 1.54) is 40.3 Å². The van der Waals surface area contributed by atoms with E-state index < -0.39 is 29.7 Å². The Morgan fingerprint density at radius 2 is 2.05 bits per heavy atom. The third-order valence-electron chi connectivity index (χ3n) is 7.14. The van der Waals surface area contributed by atoms with Crippen molar-refractivity contribution in [2.24, 2.45) is 18.9 Å². The van der Waals surface area contributed by atoms with Crippen LogP contribution < -0.4 is 21.5 Å². The zero-order chi connectivity index (χ0) is 25.8. The molecule has 3 atom stereocenters. The third-order valence-corrected chi connectivity index (χ3v) is 8.03. The minimum Gasteiger partial charge on any atom is -0.356 e. The van der Waals surface area contributed by atoms with Crippen LogP contribution in [0.5, 0.6) is 0 Å². The highest BCUT2D eigenvalue weighted by molar-refractivity contribution is 7.13. The number of aryl methyl sites for hydroxylation is 1. The molecule has 3 unspecified atom stereocenters. The fourth-order valence-electron chi connectivity index (χ4n) is 4.90. The van der Waals surface area contributed by atoms with Crippen LogP contribution in [-0.2, 0) is 18.4 Å². The van der Waals surface area contributed by atoms with E-state index in [0.717, 1.165) is 45.9 Å². The van der Waals surface area contributed by atoms with E-state index in [0.29, 0.717) is 5.82 Å². The molecule has 0 radical (unpaired) electrons. The van der Waals surface area contributed by atoms with Gasteiger partial charge in [-0.25, -0.2) is 24.3 Å². The normalized spacial score (nSPS) is 19.0. The summed E-state index contributed by atoms with van der Waals surface area (Å²) in [5, 5.41) is 14.3. The summed E-state index contributed by atoms with van der Waals surface area (Å²) in [7, 11) is 1.46. The van der Waals surface area contributed by atoms with Crippen LogP contribution in [0.25, 0.3) is 21.7 Å². The Labute approximate surface area is 214 Å². The van der Waals surface area contributed by atoms with E-state index in [9.17, 15) is 14.4 Å². The van der Waals surface area contributed by atoms with E-state index in [4.69, 9.17) is 5.26 Å². The predicted octanol–water partition coefficient (Wildman–Crippen LogP) is 1.59. The molecule has 0 aromatic carbocycles. The lowest BCUT2D eigenvalue weighted by atomic mass is 10.3. The van der Waals surface area contributed by atoms with Crippen LogP contribution in [0.4, 0.5) is 11.6 Å². The number of rotatable bonds is 6. The zero-order valence-corrected chi connectivity index (χ0v) is 21.0. The lowest BCUT2D eigenvalue weighted by Gasteiger charge is -2.18. The average molecular weight is 518 g/mol. The van der Waals surface area contributed by atoms with Crippen LogP contribution in [0.3, 0.4) is 0 Å². The van der Waals surface area contributed by atoms with E-state index in [1.807, 2.05) is 18.2 Å². The molecule has 6 rings (SSSR count). The number of anilines is 2. The maximum atomic E-state index is 13.1.